The van der Waals surface area contributed by atoms with Gasteiger partial charge in [-0.15, -0.1) is 0 Å². The first-order valence-corrected chi connectivity index (χ1v) is 12.6. The van der Waals surface area contributed by atoms with Crippen molar-refractivity contribution in [1.29, 1.82) is 0 Å². The predicted molar refractivity (Wildman–Crippen MR) is 148 cm³/mol. The molecule has 1 aliphatic heterocycles. The third-order valence-electron chi connectivity index (χ3n) is 6.49. The molecular formula is C28H27N9O2. The largest absolute Gasteiger partial charge is 0.457 e. The molecule has 11 nitrogen and oxygen atoms in total. The maximum Gasteiger partial charge on any atom is 0.255 e. The van der Waals surface area contributed by atoms with Crippen LogP contribution in [0.3, 0.4) is 0 Å². The minimum Gasteiger partial charge on any atom is -0.457 e. The van der Waals surface area contributed by atoms with Crippen LogP contribution in [0.15, 0.2) is 73.0 Å². The molecule has 11 heteroatoms. The second-order valence-corrected chi connectivity index (χ2v) is 9.59. The number of ether oxygens (including phenoxy) is 1. The van der Waals surface area contributed by atoms with Crippen molar-refractivity contribution < 1.29 is 9.53 Å². The van der Waals surface area contributed by atoms with Gasteiger partial charge in [0.05, 0.1) is 5.52 Å². The van der Waals surface area contributed by atoms with Gasteiger partial charge in [-0.3, -0.25) is 9.69 Å². The molecule has 0 bridgehead atoms. The van der Waals surface area contributed by atoms with Gasteiger partial charge in [0.2, 0.25) is 0 Å². The van der Waals surface area contributed by atoms with Crippen molar-refractivity contribution in [1.82, 2.24) is 34.4 Å². The molecule has 5 aromatic rings. The third-order valence-corrected chi connectivity index (χ3v) is 6.49. The van der Waals surface area contributed by atoms with Crippen LogP contribution in [0.1, 0.15) is 12.0 Å². The van der Waals surface area contributed by atoms with Gasteiger partial charge in [0, 0.05) is 36.6 Å². The number of nitrogens with one attached hydrogen (secondary N) is 1. The molecule has 0 spiro atoms. The van der Waals surface area contributed by atoms with Crippen LogP contribution in [0.4, 0.5) is 17.3 Å². The Balaban J connectivity index is 1.23. The van der Waals surface area contributed by atoms with Crippen LogP contribution in [-0.4, -0.2) is 67.5 Å². The highest BCUT2D eigenvalue weighted by Gasteiger charge is 2.28. The molecule has 0 atom stereocenters. The van der Waals surface area contributed by atoms with E-state index < -0.39 is 0 Å². The van der Waals surface area contributed by atoms with Crippen LogP contribution < -0.4 is 15.0 Å². The number of anilines is 3. The molecule has 6 rings (SSSR count). The summed E-state index contributed by atoms with van der Waals surface area (Å²) >= 11 is 0. The average Bonchev–Trinajstić information content (AvgIpc) is 3.55. The normalized spacial score (nSPS) is 14.7. The first kappa shape index (κ1) is 24.4. The van der Waals surface area contributed by atoms with E-state index >= 15 is 0 Å². The molecule has 1 aliphatic rings. The van der Waals surface area contributed by atoms with Gasteiger partial charge in [-0.1, -0.05) is 6.08 Å². The molecule has 5 heterocycles. The topological polar surface area (TPSA) is 114 Å². The van der Waals surface area contributed by atoms with E-state index in [-0.39, 0.29) is 5.91 Å². The molecule has 0 unspecified atom stereocenters. The predicted octanol–water partition coefficient (Wildman–Crippen LogP) is 4.14. The van der Waals surface area contributed by atoms with Crippen LogP contribution in [0, 0.1) is 6.92 Å². The molecule has 0 saturated carbocycles. The van der Waals surface area contributed by atoms with E-state index in [4.69, 9.17) is 9.72 Å². The lowest BCUT2D eigenvalue weighted by atomic mass is 10.2. The van der Waals surface area contributed by atoms with Crippen molar-refractivity contribution in [3.8, 4) is 11.5 Å². The SMILES string of the molecule is Cc1cc(Nc2ncnc3ccc(N4CC/C(=C\CN(C)C)C4=O)nc23)ccc1Oc1ccn2ncnc2c1. The minimum absolute atomic E-state index is 0.00978. The molecule has 1 fully saturated rings. The number of nitrogens with zero attached hydrogens (tertiary/aromatic N) is 8. The van der Waals surface area contributed by atoms with Crippen molar-refractivity contribution in [2.45, 2.75) is 13.3 Å². The Bertz CT molecular complexity index is 1730. The number of carbonyl (C=O) groups is 1. The van der Waals surface area contributed by atoms with Gasteiger partial charge in [-0.2, -0.15) is 5.10 Å². The van der Waals surface area contributed by atoms with Gasteiger partial charge >= 0.3 is 0 Å². The van der Waals surface area contributed by atoms with Gasteiger partial charge < -0.3 is 15.0 Å². The summed E-state index contributed by atoms with van der Waals surface area (Å²) in [5, 5.41) is 7.47. The second-order valence-electron chi connectivity index (χ2n) is 9.59. The Labute approximate surface area is 224 Å². The number of aromatic nitrogens is 6. The van der Waals surface area contributed by atoms with E-state index in [1.807, 2.05) is 74.5 Å². The zero-order chi connectivity index (χ0) is 26.9. The van der Waals surface area contributed by atoms with E-state index in [2.05, 4.69) is 25.4 Å². The standard InChI is InChI=1S/C28H27N9O2/c1-18-14-20(4-6-23(18)39-21-10-13-37-25(15-21)30-17-32-37)33-27-26-22(29-16-31-27)5-7-24(34-26)36-12-9-19(28(36)38)8-11-35(2)3/h4-8,10,13-17H,9,11-12H2,1-3H3,(H,29,31,33)/b19-8+. The highest BCUT2D eigenvalue weighted by molar-refractivity contribution is 6.08. The number of rotatable bonds is 7. The number of fused-ring (bicyclic) bond motifs is 2. The number of carbonyl (C=O) groups excluding carboxylic acids is 1. The first-order valence-electron chi connectivity index (χ1n) is 12.6. The highest BCUT2D eigenvalue weighted by Crippen LogP contribution is 2.31. The van der Waals surface area contributed by atoms with Crippen molar-refractivity contribution in [3.05, 3.63) is 78.5 Å². The maximum absolute atomic E-state index is 13.0. The van der Waals surface area contributed by atoms with Gasteiger partial charge in [0.15, 0.2) is 11.5 Å². The zero-order valence-corrected chi connectivity index (χ0v) is 21.9. The Morgan fingerprint density at radius 2 is 1.97 bits per heavy atom. The Kier molecular flexibility index (Phi) is 6.33. The zero-order valence-electron chi connectivity index (χ0n) is 21.9. The highest BCUT2D eigenvalue weighted by atomic mass is 16.5. The molecule has 39 heavy (non-hydrogen) atoms. The third kappa shape index (κ3) is 4.99. The van der Waals surface area contributed by atoms with Crippen molar-refractivity contribution in [2.75, 3.05) is 37.4 Å². The summed E-state index contributed by atoms with van der Waals surface area (Å²) in [7, 11) is 3.96. The van der Waals surface area contributed by atoms with Crippen LogP contribution >= 0.6 is 0 Å². The number of likely N-dealkylation sites (N-methyl/N-ethyl adjacent to an activating group) is 1. The summed E-state index contributed by atoms with van der Waals surface area (Å²) in [5.74, 6) is 2.53. The van der Waals surface area contributed by atoms with Gasteiger partial charge in [0.1, 0.15) is 35.5 Å². The monoisotopic (exact) mass is 521 g/mol. The van der Waals surface area contributed by atoms with Crippen LogP contribution in [0.2, 0.25) is 0 Å². The van der Waals surface area contributed by atoms with Gasteiger partial charge in [-0.05, 0) is 69.4 Å². The molecule has 1 N–H and O–H groups in total. The fourth-order valence-corrected chi connectivity index (χ4v) is 4.45. The van der Waals surface area contributed by atoms with Crippen molar-refractivity contribution >= 4 is 39.9 Å². The van der Waals surface area contributed by atoms with E-state index in [1.165, 1.54) is 12.7 Å². The Morgan fingerprint density at radius 1 is 1.08 bits per heavy atom. The number of amides is 1. The summed E-state index contributed by atoms with van der Waals surface area (Å²) in [5.41, 5.74) is 4.56. The molecule has 1 amide bonds. The fraction of sp³-hybridized carbons (Fsp3) is 0.214. The molecule has 1 saturated heterocycles. The lowest BCUT2D eigenvalue weighted by molar-refractivity contribution is -0.114. The van der Waals surface area contributed by atoms with Gasteiger partial charge in [-0.25, -0.2) is 24.5 Å². The molecule has 0 aliphatic carbocycles. The number of hydrogen-bond donors (Lipinski definition) is 1. The quantitative estimate of drug-likeness (QED) is 0.316. The van der Waals surface area contributed by atoms with E-state index in [0.717, 1.165) is 29.1 Å². The Morgan fingerprint density at radius 3 is 2.82 bits per heavy atom. The smallest absolute Gasteiger partial charge is 0.255 e. The lowest BCUT2D eigenvalue weighted by Gasteiger charge is -2.16. The van der Waals surface area contributed by atoms with E-state index in [1.54, 1.807) is 15.6 Å². The van der Waals surface area contributed by atoms with E-state index in [0.29, 0.717) is 47.0 Å². The summed E-state index contributed by atoms with van der Waals surface area (Å²) in [6.45, 7) is 3.30. The summed E-state index contributed by atoms with van der Waals surface area (Å²) in [4.78, 5) is 34.6. The molecule has 4 aromatic heterocycles. The van der Waals surface area contributed by atoms with Gasteiger partial charge in [0.25, 0.3) is 5.91 Å². The number of pyridine rings is 2. The van der Waals surface area contributed by atoms with Crippen molar-refractivity contribution in [2.24, 2.45) is 0 Å². The maximum atomic E-state index is 13.0. The molecule has 0 radical (unpaired) electrons. The van der Waals surface area contributed by atoms with E-state index in [9.17, 15) is 4.79 Å². The molecular weight excluding hydrogens is 494 g/mol. The number of hydrogen-bond acceptors (Lipinski definition) is 9. The van der Waals surface area contributed by atoms with Crippen LogP contribution in [-0.2, 0) is 4.79 Å². The first-order chi connectivity index (χ1) is 18.9. The summed E-state index contributed by atoms with van der Waals surface area (Å²) in [6.07, 6.45) is 7.50. The lowest BCUT2D eigenvalue weighted by Crippen LogP contribution is -2.25. The second kappa shape index (κ2) is 10.1. The summed E-state index contributed by atoms with van der Waals surface area (Å²) < 4.78 is 7.77. The summed E-state index contributed by atoms with van der Waals surface area (Å²) in [6, 6.07) is 13.2. The average molecular weight is 522 g/mol. The fourth-order valence-electron chi connectivity index (χ4n) is 4.45. The van der Waals surface area contributed by atoms with Crippen LogP contribution in [0.5, 0.6) is 11.5 Å². The molecule has 196 valence electrons. The minimum atomic E-state index is -0.00978. The number of aryl methyl sites for hydroxylation is 1. The number of benzene rings is 1. The van der Waals surface area contributed by atoms with Crippen molar-refractivity contribution in [3.63, 3.8) is 0 Å². The van der Waals surface area contributed by atoms with Crippen LogP contribution in [0.25, 0.3) is 16.7 Å². The Hall–Kier alpha value is -4.90. The molecule has 1 aromatic carbocycles.